The van der Waals surface area contributed by atoms with Gasteiger partial charge < -0.3 is 4.98 Å². The van der Waals surface area contributed by atoms with Crippen LogP contribution in [0.25, 0.3) is 11.0 Å². The quantitative estimate of drug-likeness (QED) is 0.683. The van der Waals surface area contributed by atoms with Gasteiger partial charge in [-0.05, 0) is 11.5 Å². The number of nitrogens with zero attached hydrogens (tertiary/aromatic N) is 1. The Labute approximate surface area is 82.2 Å². The van der Waals surface area contributed by atoms with Gasteiger partial charge in [-0.25, -0.2) is 9.37 Å². The highest BCUT2D eigenvalue weighted by molar-refractivity contribution is 5.76. The molecule has 0 aliphatic heterocycles. The highest BCUT2D eigenvalue weighted by atomic mass is 19.1. The van der Waals surface area contributed by atoms with E-state index in [1.807, 2.05) is 20.8 Å². The molecule has 74 valence electrons. The van der Waals surface area contributed by atoms with E-state index in [1.54, 1.807) is 18.5 Å². The van der Waals surface area contributed by atoms with Crippen LogP contribution >= 0.6 is 0 Å². The van der Waals surface area contributed by atoms with Gasteiger partial charge >= 0.3 is 0 Å². The van der Waals surface area contributed by atoms with Gasteiger partial charge in [0.2, 0.25) is 0 Å². The molecule has 0 aromatic carbocycles. The summed E-state index contributed by atoms with van der Waals surface area (Å²) in [5.41, 5.74) is 1.06. The number of aromatic nitrogens is 2. The smallest absolute Gasteiger partial charge is 0.140 e. The van der Waals surface area contributed by atoms with Crippen LogP contribution in [-0.4, -0.2) is 9.97 Å². The van der Waals surface area contributed by atoms with Crippen LogP contribution in [0.15, 0.2) is 18.5 Å². The maximum atomic E-state index is 13.9. The molecule has 1 N–H and O–H groups in total. The molecule has 0 unspecified atom stereocenters. The van der Waals surface area contributed by atoms with Crippen molar-refractivity contribution >= 4 is 11.0 Å². The molecule has 0 saturated heterocycles. The van der Waals surface area contributed by atoms with Gasteiger partial charge in [-0.1, -0.05) is 20.8 Å². The summed E-state index contributed by atoms with van der Waals surface area (Å²) in [4.78, 5) is 7.06. The van der Waals surface area contributed by atoms with Crippen LogP contribution in [0.1, 0.15) is 26.3 Å². The lowest BCUT2D eigenvalue weighted by Crippen LogP contribution is -2.14. The highest BCUT2D eigenvalue weighted by Gasteiger charge is 2.20. The standard InChI is InChI=1S/C11H13FN2/c1-11(2,3)8-6-14-10-7(9(8)12)4-5-13-10/h4-6H,1-3H3,(H,13,14). The number of hydrogen-bond acceptors (Lipinski definition) is 1. The third-order valence-electron chi connectivity index (χ3n) is 2.33. The summed E-state index contributed by atoms with van der Waals surface area (Å²) >= 11 is 0. The van der Waals surface area contributed by atoms with E-state index < -0.39 is 0 Å². The minimum atomic E-state index is -0.206. The first-order chi connectivity index (χ1) is 6.50. The van der Waals surface area contributed by atoms with E-state index >= 15 is 0 Å². The third-order valence-corrected chi connectivity index (χ3v) is 2.33. The average molecular weight is 192 g/mol. The molecule has 0 fully saturated rings. The van der Waals surface area contributed by atoms with Crippen molar-refractivity contribution < 1.29 is 4.39 Å². The fourth-order valence-electron chi connectivity index (χ4n) is 1.50. The molecule has 0 bridgehead atoms. The number of pyridine rings is 1. The van der Waals surface area contributed by atoms with Gasteiger partial charge in [0, 0.05) is 18.0 Å². The Morgan fingerprint density at radius 3 is 2.71 bits per heavy atom. The Kier molecular flexibility index (Phi) is 1.84. The number of rotatable bonds is 0. The fourth-order valence-corrected chi connectivity index (χ4v) is 1.50. The molecule has 2 aromatic rings. The zero-order chi connectivity index (χ0) is 10.3. The summed E-state index contributed by atoms with van der Waals surface area (Å²) in [6.07, 6.45) is 3.31. The van der Waals surface area contributed by atoms with Crippen molar-refractivity contribution in [1.29, 1.82) is 0 Å². The number of fused-ring (bicyclic) bond motifs is 1. The van der Waals surface area contributed by atoms with Gasteiger partial charge in [0.15, 0.2) is 0 Å². The van der Waals surface area contributed by atoms with Crippen molar-refractivity contribution in [3.05, 3.63) is 29.8 Å². The van der Waals surface area contributed by atoms with Crippen LogP contribution in [0.3, 0.4) is 0 Å². The van der Waals surface area contributed by atoms with Crippen LogP contribution < -0.4 is 0 Å². The monoisotopic (exact) mass is 192 g/mol. The van der Waals surface area contributed by atoms with E-state index in [0.29, 0.717) is 16.6 Å². The molecule has 3 heteroatoms. The number of nitrogens with one attached hydrogen (secondary N) is 1. The second-order valence-electron chi connectivity index (χ2n) is 4.48. The zero-order valence-corrected chi connectivity index (χ0v) is 8.56. The molecule has 0 spiro atoms. The minimum absolute atomic E-state index is 0.163. The molecule has 2 aromatic heterocycles. The summed E-state index contributed by atoms with van der Waals surface area (Å²) in [6, 6.07) is 1.72. The van der Waals surface area contributed by atoms with Crippen LogP contribution in [0, 0.1) is 5.82 Å². The second-order valence-corrected chi connectivity index (χ2v) is 4.48. The molecule has 0 saturated carbocycles. The van der Waals surface area contributed by atoms with Gasteiger partial charge in [-0.15, -0.1) is 0 Å². The summed E-state index contributed by atoms with van der Waals surface area (Å²) in [6.45, 7) is 5.93. The molecular formula is C11H13FN2. The van der Waals surface area contributed by atoms with E-state index in [1.165, 1.54) is 0 Å². The van der Waals surface area contributed by atoms with Crippen LogP contribution in [0.2, 0.25) is 0 Å². The Bertz CT molecular complexity index is 466. The molecule has 0 atom stereocenters. The van der Waals surface area contributed by atoms with Gasteiger partial charge in [-0.2, -0.15) is 0 Å². The lowest BCUT2D eigenvalue weighted by molar-refractivity contribution is 0.526. The molecule has 14 heavy (non-hydrogen) atoms. The number of H-pyrrole nitrogens is 1. The van der Waals surface area contributed by atoms with Crippen LogP contribution in [0.4, 0.5) is 4.39 Å². The first-order valence-electron chi connectivity index (χ1n) is 4.62. The van der Waals surface area contributed by atoms with E-state index in [0.717, 1.165) is 0 Å². The lowest BCUT2D eigenvalue weighted by Gasteiger charge is -2.19. The predicted octanol–water partition coefficient (Wildman–Crippen LogP) is 3.00. The molecule has 2 nitrogen and oxygen atoms in total. The van der Waals surface area contributed by atoms with Gasteiger partial charge in [-0.3, -0.25) is 0 Å². The summed E-state index contributed by atoms with van der Waals surface area (Å²) in [5.74, 6) is -0.163. The summed E-state index contributed by atoms with van der Waals surface area (Å²) in [7, 11) is 0. The first kappa shape index (κ1) is 9.19. The lowest BCUT2D eigenvalue weighted by atomic mass is 9.87. The minimum Gasteiger partial charge on any atom is -0.346 e. The van der Waals surface area contributed by atoms with E-state index in [-0.39, 0.29) is 11.2 Å². The number of aromatic amines is 1. The van der Waals surface area contributed by atoms with Crippen molar-refractivity contribution in [3.8, 4) is 0 Å². The Balaban J connectivity index is 2.74. The molecular weight excluding hydrogens is 179 g/mol. The largest absolute Gasteiger partial charge is 0.346 e. The Morgan fingerprint density at radius 1 is 1.36 bits per heavy atom. The van der Waals surface area contributed by atoms with Crippen molar-refractivity contribution in [2.75, 3.05) is 0 Å². The summed E-state index contributed by atoms with van der Waals surface area (Å²) < 4.78 is 13.9. The maximum absolute atomic E-state index is 13.9. The van der Waals surface area contributed by atoms with Crippen molar-refractivity contribution in [3.63, 3.8) is 0 Å². The molecule has 0 aliphatic carbocycles. The van der Waals surface area contributed by atoms with Gasteiger partial charge in [0.1, 0.15) is 11.5 Å². The van der Waals surface area contributed by atoms with Gasteiger partial charge in [0.05, 0.1) is 5.39 Å². The molecule has 2 heterocycles. The first-order valence-corrected chi connectivity index (χ1v) is 4.62. The van der Waals surface area contributed by atoms with Crippen molar-refractivity contribution in [2.45, 2.75) is 26.2 Å². The van der Waals surface area contributed by atoms with Crippen LogP contribution in [-0.2, 0) is 5.41 Å². The maximum Gasteiger partial charge on any atom is 0.140 e. The van der Waals surface area contributed by atoms with Crippen molar-refractivity contribution in [1.82, 2.24) is 9.97 Å². The van der Waals surface area contributed by atoms with E-state index in [4.69, 9.17) is 0 Å². The number of hydrogen-bond donors (Lipinski definition) is 1. The fraction of sp³-hybridized carbons (Fsp3) is 0.364. The topological polar surface area (TPSA) is 28.7 Å². The highest BCUT2D eigenvalue weighted by Crippen LogP contribution is 2.27. The third kappa shape index (κ3) is 1.29. The zero-order valence-electron chi connectivity index (χ0n) is 8.56. The Morgan fingerprint density at radius 2 is 2.07 bits per heavy atom. The molecule has 0 amide bonds. The van der Waals surface area contributed by atoms with E-state index in [9.17, 15) is 4.39 Å². The average Bonchev–Trinajstić information content (AvgIpc) is 2.50. The molecule has 0 aliphatic rings. The van der Waals surface area contributed by atoms with E-state index in [2.05, 4.69) is 9.97 Å². The van der Waals surface area contributed by atoms with Crippen molar-refractivity contribution in [2.24, 2.45) is 0 Å². The normalized spacial score (nSPS) is 12.3. The molecule has 2 rings (SSSR count). The predicted molar refractivity (Wildman–Crippen MR) is 54.8 cm³/mol. The second kappa shape index (κ2) is 2.80. The SMILES string of the molecule is CC(C)(C)c1cnc2[nH]ccc2c1F. The molecule has 0 radical (unpaired) electrons. The van der Waals surface area contributed by atoms with Gasteiger partial charge in [0.25, 0.3) is 0 Å². The summed E-state index contributed by atoms with van der Waals surface area (Å²) in [5, 5.41) is 0.567. The van der Waals surface area contributed by atoms with Crippen LogP contribution in [0.5, 0.6) is 0 Å². The Hall–Kier alpha value is -1.38. The number of halogens is 1.